The monoisotopic (exact) mass is 366 g/mol. The highest BCUT2D eigenvalue weighted by atomic mass is 79.9. The molecule has 3 nitrogen and oxygen atoms in total. The Labute approximate surface area is 126 Å². The number of ether oxygens (including phenoxy) is 1. The first-order valence-corrected chi connectivity index (χ1v) is 9.47. The quantitative estimate of drug-likeness (QED) is 0.740. The lowest BCUT2D eigenvalue weighted by Gasteiger charge is -2.27. The van der Waals surface area contributed by atoms with Gasteiger partial charge in [-0.15, -0.1) is 0 Å². The van der Waals surface area contributed by atoms with Crippen molar-refractivity contribution in [3.8, 4) is 5.75 Å². The van der Waals surface area contributed by atoms with Crippen molar-refractivity contribution in [1.82, 2.24) is 0 Å². The lowest BCUT2D eigenvalue weighted by molar-refractivity contribution is 0.171. The smallest absolute Gasteiger partial charge is 0.233 e. The van der Waals surface area contributed by atoms with Gasteiger partial charge in [-0.25, -0.2) is 8.42 Å². The third-order valence-electron chi connectivity index (χ3n) is 3.48. The zero-order valence-electron chi connectivity index (χ0n) is 10.4. The molecular formula is C13H16BrClO3S. The lowest BCUT2D eigenvalue weighted by atomic mass is 9.90. The Balaban J connectivity index is 2.05. The van der Waals surface area contributed by atoms with Gasteiger partial charge >= 0.3 is 0 Å². The minimum Gasteiger partial charge on any atom is -0.493 e. The Bertz CT molecular complexity index is 539. The van der Waals surface area contributed by atoms with Crippen molar-refractivity contribution in [2.75, 3.05) is 12.4 Å². The normalized spacial score (nSPS) is 18.4. The molecular weight excluding hydrogens is 352 g/mol. The molecule has 1 fully saturated rings. The van der Waals surface area contributed by atoms with Crippen molar-refractivity contribution in [3.05, 3.63) is 28.7 Å². The summed E-state index contributed by atoms with van der Waals surface area (Å²) in [6.07, 6.45) is 3.78. The van der Waals surface area contributed by atoms with Crippen LogP contribution in [0.4, 0.5) is 0 Å². The van der Waals surface area contributed by atoms with E-state index in [1.165, 1.54) is 0 Å². The summed E-state index contributed by atoms with van der Waals surface area (Å²) in [4.78, 5) is 0. The largest absolute Gasteiger partial charge is 0.493 e. The third-order valence-corrected chi connectivity index (χ3v) is 5.26. The van der Waals surface area contributed by atoms with Gasteiger partial charge < -0.3 is 4.74 Å². The van der Waals surface area contributed by atoms with Crippen LogP contribution in [0.1, 0.15) is 25.7 Å². The molecule has 0 spiro atoms. The molecule has 1 aromatic rings. The maximum absolute atomic E-state index is 11.4. The zero-order valence-corrected chi connectivity index (χ0v) is 13.6. The molecule has 0 unspecified atom stereocenters. The molecule has 0 atom stereocenters. The second-order valence-corrected chi connectivity index (χ2v) is 8.83. The molecule has 0 saturated heterocycles. The van der Waals surface area contributed by atoms with E-state index in [0.29, 0.717) is 6.61 Å². The molecule has 2 rings (SSSR count). The fourth-order valence-electron chi connectivity index (χ4n) is 2.61. The fourth-order valence-corrected chi connectivity index (χ4v) is 4.79. The summed E-state index contributed by atoms with van der Waals surface area (Å²) in [6.45, 7) is 0.398. The molecule has 0 radical (unpaired) electrons. The first-order chi connectivity index (χ1) is 8.89. The van der Waals surface area contributed by atoms with E-state index in [0.717, 1.165) is 35.9 Å². The Morgan fingerprint density at radius 2 is 2.00 bits per heavy atom. The summed E-state index contributed by atoms with van der Waals surface area (Å²) in [6, 6.07) is 7.54. The molecule has 0 aliphatic heterocycles. The average Bonchev–Trinajstić information content (AvgIpc) is 2.73. The second-order valence-electron chi connectivity index (χ2n) is 5.14. The Morgan fingerprint density at radius 3 is 2.58 bits per heavy atom. The van der Waals surface area contributed by atoms with Gasteiger partial charge in [0.05, 0.1) is 12.4 Å². The van der Waals surface area contributed by atoms with Crippen LogP contribution in [0.15, 0.2) is 28.7 Å². The highest BCUT2D eigenvalue weighted by Gasteiger charge is 2.38. The van der Waals surface area contributed by atoms with Gasteiger partial charge in [0.2, 0.25) is 9.05 Å². The molecule has 1 saturated carbocycles. The van der Waals surface area contributed by atoms with Crippen LogP contribution in [0.25, 0.3) is 0 Å². The summed E-state index contributed by atoms with van der Waals surface area (Å²) in [5.41, 5.74) is -0.330. The van der Waals surface area contributed by atoms with Crippen molar-refractivity contribution in [3.63, 3.8) is 0 Å². The fraction of sp³-hybridized carbons (Fsp3) is 0.538. The zero-order chi connectivity index (χ0) is 13.9. The third kappa shape index (κ3) is 4.65. The molecule has 1 aromatic carbocycles. The van der Waals surface area contributed by atoms with Crippen molar-refractivity contribution in [2.24, 2.45) is 5.41 Å². The van der Waals surface area contributed by atoms with E-state index in [4.69, 9.17) is 15.4 Å². The van der Waals surface area contributed by atoms with Crippen LogP contribution in [-0.4, -0.2) is 20.8 Å². The summed E-state index contributed by atoms with van der Waals surface area (Å²) < 4.78 is 29.4. The van der Waals surface area contributed by atoms with E-state index < -0.39 is 9.05 Å². The second kappa shape index (κ2) is 6.02. The topological polar surface area (TPSA) is 43.4 Å². The van der Waals surface area contributed by atoms with Crippen LogP contribution in [0.5, 0.6) is 5.75 Å². The first-order valence-electron chi connectivity index (χ1n) is 6.19. The molecule has 1 aliphatic rings. The molecule has 0 N–H and O–H groups in total. The maximum atomic E-state index is 11.4. The van der Waals surface area contributed by atoms with Gasteiger partial charge in [0.25, 0.3) is 0 Å². The molecule has 1 aliphatic carbocycles. The number of hydrogen-bond donors (Lipinski definition) is 0. The summed E-state index contributed by atoms with van der Waals surface area (Å²) >= 11 is 3.38. The predicted molar refractivity (Wildman–Crippen MR) is 80.2 cm³/mol. The van der Waals surface area contributed by atoms with Crippen LogP contribution in [-0.2, 0) is 9.05 Å². The molecule has 0 aromatic heterocycles. The van der Waals surface area contributed by atoms with Crippen molar-refractivity contribution < 1.29 is 13.2 Å². The summed E-state index contributed by atoms with van der Waals surface area (Å²) in [5, 5.41) is 0. The van der Waals surface area contributed by atoms with Gasteiger partial charge in [0.1, 0.15) is 5.75 Å². The van der Waals surface area contributed by atoms with Gasteiger partial charge in [-0.05, 0) is 31.0 Å². The van der Waals surface area contributed by atoms with Gasteiger partial charge in [0, 0.05) is 20.6 Å². The highest BCUT2D eigenvalue weighted by molar-refractivity contribution is 9.10. The number of benzene rings is 1. The SMILES string of the molecule is O=S(=O)(Cl)CC1(COc2cccc(Br)c2)CCCC1. The average molecular weight is 368 g/mol. The van der Waals surface area contributed by atoms with Crippen molar-refractivity contribution in [2.45, 2.75) is 25.7 Å². The number of halogens is 2. The van der Waals surface area contributed by atoms with Crippen LogP contribution < -0.4 is 4.74 Å². The molecule has 6 heteroatoms. The first kappa shape index (κ1) is 15.1. The van der Waals surface area contributed by atoms with E-state index in [1.807, 2.05) is 24.3 Å². The van der Waals surface area contributed by atoms with Gasteiger partial charge in [-0.1, -0.05) is 34.8 Å². The summed E-state index contributed by atoms with van der Waals surface area (Å²) in [7, 11) is 1.92. The van der Waals surface area contributed by atoms with E-state index >= 15 is 0 Å². The van der Waals surface area contributed by atoms with Gasteiger partial charge in [-0.2, -0.15) is 0 Å². The minimum absolute atomic E-state index is 0.00441. The molecule has 0 amide bonds. The van der Waals surface area contributed by atoms with Crippen LogP contribution >= 0.6 is 26.6 Å². The predicted octanol–water partition coefficient (Wildman–Crippen LogP) is 3.96. The molecule has 0 bridgehead atoms. The van der Waals surface area contributed by atoms with E-state index in [-0.39, 0.29) is 11.2 Å². The van der Waals surface area contributed by atoms with Crippen molar-refractivity contribution >= 4 is 35.7 Å². The Kier molecular flexibility index (Phi) is 4.79. The molecule has 19 heavy (non-hydrogen) atoms. The van der Waals surface area contributed by atoms with Gasteiger partial charge in [-0.3, -0.25) is 0 Å². The van der Waals surface area contributed by atoms with Crippen molar-refractivity contribution in [1.29, 1.82) is 0 Å². The highest BCUT2D eigenvalue weighted by Crippen LogP contribution is 2.40. The maximum Gasteiger partial charge on any atom is 0.233 e. The van der Waals surface area contributed by atoms with Crippen LogP contribution in [0.3, 0.4) is 0 Å². The number of hydrogen-bond acceptors (Lipinski definition) is 3. The number of rotatable bonds is 5. The van der Waals surface area contributed by atoms with Crippen LogP contribution in [0.2, 0.25) is 0 Å². The Morgan fingerprint density at radius 1 is 1.32 bits per heavy atom. The van der Waals surface area contributed by atoms with E-state index in [9.17, 15) is 8.42 Å². The van der Waals surface area contributed by atoms with Crippen LogP contribution in [0, 0.1) is 5.41 Å². The lowest BCUT2D eigenvalue weighted by Crippen LogP contribution is -2.32. The van der Waals surface area contributed by atoms with E-state index in [1.54, 1.807) is 0 Å². The molecule has 0 heterocycles. The summed E-state index contributed by atoms with van der Waals surface area (Å²) in [5.74, 6) is 0.739. The van der Waals surface area contributed by atoms with Gasteiger partial charge in [0.15, 0.2) is 0 Å². The van der Waals surface area contributed by atoms with E-state index in [2.05, 4.69) is 15.9 Å². The minimum atomic E-state index is -3.50. The standard InChI is InChI=1S/C13H16BrClO3S/c14-11-4-3-5-12(8-11)18-9-13(6-1-2-7-13)10-19(15,16)17/h3-5,8H,1-2,6-7,9-10H2. The Hall–Kier alpha value is -0.260. The molecule has 106 valence electrons.